The van der Waals surface area contributed by atoms with Gasteiger partial charge in [-0.15, -0.1) is 9.24 Å². The van der Waals surface area contributed by atoms with Crippen molar-refractivity contribution in [3.63, 3.8) is 0 Å². The minimum atomic E-state index is -0.170. The lowest BCUT2D eigenvalue weighted by molar-refractivity contribution is 0.108. The van der Waals surface area contributed by atoms with Gasteiger partial charge in [0.25, 0.3) is 0 Å². The number of nitrogens with zero attached hydrogens (tertiary/aromatic N) is 4. The molecule has 3 unspecified atom stereocenters. The second-order valence-electron chi connectivity index (χ2n) is 12.3. The van der Waals surface area contributed by atoms with Crippen molar-refractivity contribution in [2.24, 2.45) is 9.98 Å². The van der Waals surface area contributed by atoms with Crippen LogP contribution < -0.4 is 9.47 Å². The van der Waals surface area contributed by atoms with Crippen LogP contribution in [0.1, 0.15) is 45.2 Å². The van der Waals surface area contributed by atoms with Gasteiger partial charge in [0.15, 0.2) is 0 Å². The third kappa shape index (κ3) is 12.9. The van der Waals surface area contributed by atoms with E-state index in [1.54, 1.807) is 24.8 Å². The molecular weight excluding hydrogens is 679 g/mol. The van der Waals surface area contributed by atoms with Crippen LogP contribution in [-0.4, -0.2) is 41.4 Å². The first kappa shape index (κ1) is 37.2. The van der Waals surface area contributed by atoms with Crippen molar-refractivity contribution in [3.8, 4) is 11.5 Å². The Bertz CT molecular complexity index is 1980. The Morgan fingerprint density at radius 2 is 0.943 bits per heavy atom. The highest BCUT2D eigenvalue weighted by Gasteiger charge is 2.10. The van der Waals surface area contributed by atoms with E-state index in [4.69, 9.17) is 23.9 Å². The third-order valence-corrected chi connectivity index (χ3v) is 8.47. The van der Waals surface area contributed by atoms with E-state index in [0.717, 1.165) is 45.0 Å². The SMILES string of the molecule is PC(COCc1ccc(COCC(N=Cc2ccc(OCc3ccccc3)cn2)c2ccccc2)cc1)N=Cc1ccc(OCc2ccccc2)cn1. The lowest BCUT2D eigenvalue weighted by Gasteiger charge is -2.14. The number of aliphatic imine (C=N–C) groups is 2. The molecule has 53 heavy (non-hydrogen) atoms. The van der Waals surface area contributed by atoms with Gasteiger partial charge in [0.05, 0.1) is 62.0 Å². The highest BCUT2D eigenvalue weighted by atomic mass is 31.0. The van der Waals surface area contributed by atoms with E-state index >= 15 is 0 Å². The summed E-state index contributed by atoms with van der Waals surface area (Å²) in [4.78, 5) is 18.4. The molecule has 0 N–H and O–H groups in total. The molecule has 2 aromatic heterocycles. The third-order valence-electron chi connectivity index (χ3n) is 8.11. The van der Waals surface area contributed by atoms with E-state index < -0.39 is 0 Å². The fourth-order valence-electron chi connectivity index (χ4n) is 5.19. The Morgan fingerprint density at radius 3 is 1.43 bits per heavy atom. The summed E-state index contributed by atoms with van der Waals surface area (Å²) < 4.78 is 23.8. The second kappa shape index (κ2) is 20.5. The van der Waals surface area contributed by atoms with Crippen molar-refractivity contribution in [2.75, 3.05) is 13.2 Å². The van der Waals surface area contributed by atoms with Crippen molar-refractivity contribution >= 4 is 21.7 Å². The van der Waals surface area contributed by atoms with E-state index in [9.17, 15) is 0 Å². The van der Waals surface area contributed by atoms with Crippen molar-refractivity contribution in [1.29, 1.82) is 0 Å². The fourth-order valence-corrected chi connectivity index (χ4v) is 5.41. The van der Waals surface area contributed by atoms with E-state index in [1.807, 2.05) is 103 Å². The first-order valence-electron chi connectivity index (χ1n) is 17.5. The molecule has 0 saturated carbocycles. The first-order chi connectivity index (χ1) is 26.2. The minimum absolute atomic E-state index is 0.0900. The zero-order valence-electron chi connectivity index (χ0n) is 29.5. The van der Waals surface area contributed by atoms with Crippen molar-refractivity contribution < 1.29 is 18.9 Å². The first-order valence-corrected chi connectivity index (χ1v) is 18.2. The molecule has 2 heterocycles. The van der Waals surface area contributed by atoms with Gasteiger partial charge >= 0.3 is 0 Å². The van der Waals surface area contributed by atoms with Crippen LogP contribution in [0.15, 0.2) is 162 Å². The van der Waals surface area contributed by atoms with Crippen molar-refractivity contribution in [3.05, 3.63) is 191 Å². The average molecular weight is 723 g/mol. The Morgan fingerprint density at radius 1 is 0.491 bits per heavy atom. The van der Waals surface area contributed by atoms with Crippen molar-refractivity contribution in [2.45, 2.75) is 38.3 Å². The Balaban J connectivity index is 0.911. The van der Waals surface area contributed by atoms with Crippen LogP contribution in [-0.2, 0) is 35.9 Å². The summed E-state index contributed by atoms with van der Waals surface area (Å²) in [6, 6.07) is 46.0. The molecule has 0 aliphatic heterocycles. The average Bonchev–Trinajstić information content (AvgIpc) is 3.22. The number of benzene rings is 4. The molecule has 0 spiro atoms. The quantitative estimate of drug-likeness (QED) is 0.0614. The molecule has 0 aliphatic carbocycles. The fraction of sp³-hybridized carbons (Fsp3) is 0.182. The Hall–Kier alpha value is -5.53. The van der Waals surface area contributed by atoms with Gasteiger partial charge in [-0.2, -0.15) is 0 Å². The smallest absolute Gasteiger partial charge is 0.138 e. The molecule has 0 aliphatic rings. The Labute approximate surface area is 313 Å². The maximum Gasteiger partial charge on any atom is 0.138 e. The summed E-state index contributed by atoms with van der Waals surface area (Å²) in [7, 11) is 2.71. The zero-order valence-corrected chi connectivity index (χ0v) is 30.6. The van der Waals surface area contributed by atoms with Gasteiger partial charge in [-0.3, -0.25) is 20.0 Å². The molecular formula is C44H43N4O4P. The second-order valence-corrected chi connectivity index (χ2v) is 13.1. The largest absolute Gasteiger partial charge is 0.487 e. The molecule has 8 nitrogen and oxygen atoms in total. The molecule has 0 bridgehead atoms. The number of pyridine rings is 2. The number of rotatable bonds is 19. The van der Waals surface area contributed by atoms with Gasteiger partial charge in [-0.25, -0.2) is 0 Å². The number of ether oxygens (including phenoxy) is 4. The van der Waals surface area contributed by atoms with E-state index in [0.29, 0.717) is 45.4 Å². The lowest BCUT2D eigenvalue weighted by atomic mass is 10.1. The van der Waals surface area contributed by atoms with Gasteiger partial charge in [-0.1, -0.05) is 115 Å². The van der Waals surface area contributed by atoms with Crippen LogP contribution in [0, 0.1) is 0 Å². The van der Waals surface area contributed by atoms with Crippen LogP contribution in [0.4, 0.5) is 0 Å². The van der Waals surface area contributed by atoms with Gasteiger partial charge in [0.2, 0.25) is 0 Å². The molecule has 9 heteroatoms. The Kier molecular flexibility index (Phi) is 14.4. The number of hydrogen-bond donors (Lipinski definition) is 0. The normalized spacial score (nSPS) is 12.5. The number of hydrogen-bond acceptors (Lipinski definition) is 8. The maximum absolute atomic E-state index is 6.15. The summed E-state index contributed by atoms with van der Waals surface area (Å²) in [6.07, 6.45) is 6.98. The van der Waals surface area contributed by atoms with Gasteiger partial charge in [-0.05, 0) is 52.1 Å². The van der Waals surface area contributed by atoms with Gasteiger partial charge in [0.1, 0.15) is 24.7 Å². The summed E-state index contributed by atoms with van der Waals surface area (Å²) in [6.45, 7) is 2.87. The zero-order chi connectivity index (χ0) is 36.3. The highest BCUT2D eigenvalue weighted by Crippen LogP contribution is 2.20. The molecule has 6 aromatic rings. The van der Waals surface area contributed by atoms with Crippen LogP contribution in [0.2, 0.25) is 0 Å². The van der Waals surface area contributed by atoms with Gasteiger partial charge < -0.3 is 18.9 Å². The molecule has 3 atom stereocenters. The maximum atomic E-state index is 6.15. The summed E-state index contributed by atoms with van der Waals surface area (Å²) in [5, 5.41) is 0. The molecule has 0 saturated heterocycles. The predicted molar refractivity (Wildman–Crippen MR) is 214 cm³/mol. The molecule has 4 aromatic carbocycles. The summed E-state index contributed by atoms with van der Waals surface area (Å²) >= 11 is 0. The van der Waals surface area contributed by atoms with E-state index in [-0.39, 0.29) is 11.8 Å². The monoisotopic (exact) mass is 722 g/mol. The highest BCUT2D eigenvalue weighted by molar-refractivity contribution is 7.17. The standard InChI is InChI=1S/C44H43N4O4P/c53-44(48-25-40-21-23-42(27-46-40)52-31-35-12-6-2-7-13-35)33-50-29-37-18-16-36(17-19-37)28-49-32-43(38-14-8-3-9-15-38)47-24-39-20-22-41(26-45-39)51-30-34-10-4-1-5-11-34/h1-27,43-44H,28-33,53H2. The predicted octanol–water partition coefficient (Wildman–Crippen LogP) is 8.85. The summed E-state index contributed by atoms with van der Waals surface area (Å²) in [5.41, 5.74) is 6.98. The molecule has 6 rings (SSSR count). The molecule has 0 amide bonds. The van der Waals surface area contributed by atoms with Gasteiger partial charge in [0, 0.05) is 12.4 Å². The van der Waals surface area contributed by atoms with Crippen molar-refractivity contribution in [1.82, 2.24) is 9.97 Å². The molecule has 268 valence electrons. The topological polar surface area (TPSA) is 87.4 Å². The number of aromatic nitrogens is 2. The van der Waals surface area contributed by atoms with E-state index in [2.05, 4.69) is 60.6 Å². The van der Waals surface area contributed by atoms with E-state index in [1.165, 1.54) is 0 Å². The van der Waals surface area contributed by atoms with Crippen LogP contribution in [0.3, 0.4) is 0 Å². The molecule has 0 radical (unpaired) electrons. The van der Waals surface area contributed by atoms with Crippen LogP contribution >= 0.6 is 9.24 Å². The molecule has 0 fully saturated rings. The summed E-state index contributed by atoms with van der Waals surface area (Å²) in [5.74, 6) is 1.34. The van der Waals surface area contributed by atoms with Crippen LogP contribution in [0.5, 0.6) is 11.5 Å². The van der Waals surface area contributed by atoms with Crippen LogP contribution in [0.25, 0.3) is 0 Å². The lowest BCUT2D eigenvalue weighted by Crippen LogP contribution is -2.08. The minimum Gasteiger partial charge on any atom is -0.487 e.